The molecule has 0 aromatic rings. The first-order valence-electron chi connectivity index (χ1n) is 8.52. The van der Waals surface area contributed by atoms with Crippen molar-refractivity contribution in [2.24, 2.45) is 17.4 Å². The molecule has 0 aromatic heterocycles. The first kappa shape index (κ1) is 21.3. The number of hydrogen-bond donors (Lipinski definition) is 2. The summed E-state index contributed by atoms with van der Waals surface area (Å²) in [7, 11) is 4.35. The normalized spacial score (nSPS) is 19.0. The molecule has 5 heteroatoms. The van der Waals surface area contributed by atoms with Crippen molar-refractivity contribution < 1.29 is 4.74 Å². The third-order valence-electron chi connectivity index (χ3n) is 4.32. The van der Waals surface area contributed by atoms with E-state index in [4.69, 9.17) is 16.2 Å². The van der Waals surface area contributed by atoms with E-state index >= 15 is 0 Å². The lowest BCUT2D eigenvalue weighted by atomic mass is 9.92. The van der Waals surface area contributed by atoms with Crippen molar-refractivity contribution in [2.45, 2.75) is 90.0 Å². The van der Waals surface area contributed by atoms with Crippen molar-refractivity contribution in [1.29, 1.82) is 0 Å². The van der Waals surface area contributed by atoms with Gasteiger partial charge in [0.15, 0.2) is 0 Å². The van der Waals surface area contributed by atoms with Gasteiger partial charge in [-0.25, -0.2) is 0 Å². The topological polar surface area (TPSA) is 61.3 Å². The highest BCUT2D eigenvalue weighted by molar-refractivity contribution is 6.91. The third kappa shape index (κ3) is 8.50. The van der Waals surface area contributed by atoms with Crippen LogP contribution >= 0.6 is 0 Å². The Morgan fingerprint density at radius 2 is 1.86 bits per heavy atom. The monoisotopic (exact) mass is 327 g/mol. The van der Waals surface area contributed by atoms with Crippen LogP contribution in [-0.4, -0.2) is 42.7 Å². The van der Waals surface area contributed by atoms with Gasteiger partial charge in [-0.3, -0.25) is 0 Å². The molecule has 0 aromatic carbocycles. The van der Waals surface area contributed by atoms with Crippen LogP contribution in [0.1, 0.15) is 72.6 Å². The zero-order valence-corrected chi connectivity index (χ0v) is 16.5. The highest BCUT2D eigenvalue weighted by Crippen LogP contribution is 2.28. The molecule has 5 radical (unpaired) electrons. The van der Waals surface area contributed by atoms with Crippen LogP contribution in [0.4, 0.5) is 0 Å². The predicted octanol–water partition coefficient (Wildman–Crippen LogP) is 2.57. The molecule has 0 aliphatic rings. The summed E-state index contributed by atoms with van der Waals surface area (Å²) in [6.07, 6.45) is 8.19. The maximum atomic E-state index is 6.46. The van der Waals surface area contributed by atoms with Gasteiger partial charge in [-0.2, -0.15) is 0 Å². The molecule has 0 spiro atoms. The standard InChI is InChI=1S/C16H35N2OSi2/c1-5-7-8-9-14(4)19-16(6-2,21-20)12-13(3)15(18)10-11-17/h13-15H,5-12,17-18H2,1-4H3. The number of ether oxygens (including phenoxy) is 1. The third-order valence-corrected chi connectivity index (χ3v) is 6.82. The summed E-state index contributed by atoms with van der Waals surface area (Å²) in [5.74, 6) is 0.431. The van der Waals surface area contributed by atoms with E-state index in [1.54, 1.807) is 0 Å². The highest BCUT2D eigenvalue weighted by Gasteiger charge is 2.32. The zero-order valence-electron chi connectivity index (χ0n) is 14.5. The van der Waals surface area contributed by atoms with Gasteiger partial charge in [0.25, 0.3) is 0 Å². The lowest BCUT2D eigenvalue weighted by molar-refractivity contribution is -0.0525. The van der Waals surface area contributed by atoms with E-state index in [9.17, 15) is 0 Å². The summed E-state index contributed by atoms with van der Waals surface area (Å²) < 4.78 is 6.46. The van der Waals surface area contributed by atoms with E-state index in [1.807, 2.05) is 0 Å². The van der Waals surface area contributed by atoms with Crippen LogP contribution in [0, 0.1) is 5.92 Å². The SMILES string of the molecule is CCCCCC(C)OC(CC)(CC(C)C(N)CCN)[Si][Si]. The van der Waals surface area contributed by atoms with Crippen molar-refractivity contribution in [3.05, 3.63) is 0 Å². The first-order chi connectivity index (χ1) is 9.94. The molecule has 0 saturated carbocycles. The fourth-order valence-electron chi connectivity index (χ4n) is 2.72. The van der Waals surface area contributed by atoms with Crippen LogP contribution < -0.4 is 11.5 Å². The van der Waals surface area contributed by atoms with E-state index in [-0.39, 0.29) is 11.3 Å². The fourth-order valence-corrected chi connectivity index (χ4v) is 4.59. The Morgan fingerprint density at radius 1 is 1.19 bits per heavy atom. The molecule has 0 bridgehead atoms. The second kappa shape index (κ2) is 11.8. The van der Waals surface area contributed by atoms with Gasteiger partial charge in [-0.05, 0) is 45.1 Å². The van der Waals surface area contributed by atoms with Gasteiger partial charge in [0, 0.05) is 15.8 Å². The Labute approximate surface area is 138 Å². The van der Waals surface area contributed by atoms with E-state index in [2.05, 4.69) is 37.5 Å². The van der Waals surface area contributed by atoms with E-state index in [0.29, 0.717) is 27.6 Å². The second-order valence-electron chi connectivity index (χ2n) is 6.32. The van der Waals surface area contributed by atoms with Crippen molar-refractivity contribution in [2.75, 3.05) is 6.54 Å². The van der Waals surface area contributed by atoms with Gasteiger partial charge in [-0.1, -0.05) is 40.0 Å². The summed E-state index contributed by atoms with van der Waals surface area (Å²) in [5, 5.41) is -0.0752. The van der Waals surface area contributed by atoms with E-state index < -0.39 is 0 Å². The van der Waals surface area contributed by atoms with E-state index in [1.165, 1.54) is 19.3 Å². The Bertz CT molecular complexity index is 250. The molecule has 0 aliphatic heterocycles. The second-order valence-corrected chi connectivity index (χ2v) is 8.23. The maximum absolute atomic E-state index is 6.46. The number of nitrogens with two attached hydrogens (primary N) is 2. The van der Waals surface area contributed by atoms with Crippen molar-refractivity contribution in [3.8, 4) is 0 Å². The molecule has 4 N–H and O–H groups in total. The minimum Gasteiger partial charge on any atom is -0.376 e. The summed E-state index contributed by atoms with van der Waals surface area (Å²) in [5.41, 5.74) is 11.9. The van der Waals surface area contributed by atoms with Crippen molar-refractivity contribution in [3.63, 3.8) is 0 Å². The number of rotatable bonds is 13. The Hall–Kier alpha value is 0.314. The summed E-state index contributed by atoms with van der Waals surface area (Å²) in [6, 6.07) is 0.169. The largest absolute Gasteiger partial charge is 0.376 e. The predicted molar refractivity (Wildman–Crippen MR) is 94.6 cm³/mol. The lowest BCUT2D eigenvalue weighted by Gasteiger charge is -2.38. The first-order valence-corrected chi connectivity index (χ1v) is 11.0. The number of hydrogen-bond acceptors (Lipinski definition) is 3. The maximum Gasteiger partial charge on any atom is 0.0625 e. The molecule has 0 heterocycles. The Morgan fingerprint density at radius 3 is 2.33 bits per heavy atom. The van der Waals surface area contributed by atoms with Crippen LogP contribution in [0.5, 0.6) is 0 Å². The molecule has 0 amide bonds. The fraction of sp³-hybridized carbons (Fsp3) is 1.00. The molecule has 0 rings (SSSR count). The molecule has 0 fully saturated rings. The Balaban J connectivity index is 4.53. The van der Waals surface area contributed by atoms with Crippen LogP contribution in [0.3, 0.4) is 0 Å². The highest BCUT2D eigenvalue weighted by atomic mass is 29.1. The van der Waals surface area contributed by atoms with Crippen LogP contribution in [-0.2, 0) is 4.74 Å². The summed E-state index contributed by atoms with van der Waals surface area (Å²) in [6.45, 7) is 9.54. The molecule has 4 atom stereocenters. The molecule has 0 aliphatic carbocycles. The van der Waals surface area contributed by atoms with Crippen LogP contribution in [0.15, 0.2) is 0 Å². The van der Waals surface area contributed by atoms with Crippen LogP contribution in [0.25, 0.3) is 0 Å². The van der Waals surface area contributed by atoms with Crippen molar-refractivity contribution in [1.82, 2.24) is 0 Å². The minimum atomic E-state index is -0.0752. The quantitative estimate of drug-likeness (QED) is 0.404. The molecule has 21 heavy (non-hydrogen) atoms. The lowest BCUT2D eigenvalue weighted by Crippen LogP contribution is -2.46. The smallest absolute Gasteiger partial charge is 0.0625 e. The van der Waals surface area contributed by atoms with Gasteiger partial charge in [0.2, 0.25) is 0 Å². The summed E-state index contributed by atoms with van der Waals surface area (Å²) in [4.78, 5) is 0. The summed E-state index contributed by atoms with van der Waals surface area (Å²) >= 11 is 0. The van der Waals surface area contributed by atoms with Gasteiger partial charge < -0.3 is 16.2 Å². The zero-order chi connectivity index (χ0) is 16.3. The molecule has 3 nitrogen and oxygen atoms in total. The molecular formula is C16H35N2OSi2. The van der Waals surface area contributed by atoms with Gasteiger partial charge >= 0.3 is 0 Å². The molecular weight excluding hydrogens is 292 g/mol. The molecule has 4 unspecified atom stereocenters. The Kier molecular flexibility index (Phi) is 12.0. The van der Waals surface area contributed by atoms with Crippen molar-refractivity contribution >= 4 is 18.8 Å². The molecule has 0 saturated heterocycles. The minimum absolute atomic E-state index is 0.0752. The van der Waals surface area contributed by atoms with Gasteiger partial charge in [0.05, 0.1) is 20.4 Å². The van der Waals surface area contributed by atoms with Crippen LogP contribution in [0.2, 0.25) is 0 Å². The van der Waals surface area contributed by atoms with Gasteiger partial charge in [0.1, 0.15) is 0 Å². The van der Waals surface area contributed by atoms with E-state index in [0.717, 1.165) is 25.7 Å². The molecule has 123 valence electrons. The average molecular weight is 328 g/mol. The number of unbranched alkanes of at least 4 members (excludes halogenated alkanes) is 2. The average Bonchev–Trinajstić information content (AvgIpc) is 2.46. The van der Waals surface area contributed by atoms with Gasteiger partial charge in [-0.15, -0.1) is 0 Å².